The fraction of sp³-hybridized carbons (Fsp3) is 0.419. The van der Waals surface area contributed by atoms with Crippen LogP contribution in [0, 0.1) is 17.8 Å². The second kappa shape index (κ2) is 9.61. The van der Waals surface area contributed by atoms with Crippen LogP contribution in [0.2, 0.25) is 0 Å². The first-order chi connectivity index (χ1) is 17.2. The third kappa shape index (κ3) is 4.71. The molecule has 2 unspecified atom stereocenters. The fourth-order valence-electron chi connectivity index (χ4n) is 6.91. The van der Waals surface area contributed by atoms with Crippen molar-refractivity contribution in [2.75, 3.05) is 23.9 Å². The molecular formula is C31H37N3O2. The van der Waals surface area contributed by atoms with Crippen LogP contribution in [-0.2, 0) is 5.41 Å². The van der Waals surface area contributed by atoms with Crippen LogP contribution >= 0.6 is 0 Å². The number of aromatic carboxylic acids is 1. The Morgan fingerprint density at radius 1 is 0.861 bits per heavy atom. The summed E-state index contributed by atoms with van der Waals surface area (Å²) in [7, 11) is 3.93. The van der Waals surface area contributed by atoms with Crippen molar-refractivity contribution in [2.45, 2.75) is 51.4 Å². The molecule has 2 saturated carbocycles. The van der Waals surface area contributed by atoms with Crippen LogP contribution in [0.1, 0.15) is 61.9 Å². The smallest absolute Gasteiger partial charge is 0.339 e. The first-order valence-electron chi connectivity index (χ1n) is 13.1. The number of anilines is 4. The van der Waals surface area contributed by atoms with Gasteiger partial charge in [0.05, 0.1) is 0 Å². The van der Waals surface area contributed by atoms with Crippen LogP contribution in [0.25, 0.3) is 0 Å². The average molecular weight is 484 g/mol. The van der Waals surface area contributed by atoms with Crippen molar-refractivity contribution in [2.24, 2.45) is 17.8 Å². The van der Waals surface area contributed by atoms with Gasteiger partial charge >= 0.3 is 5.97 Å². The maximum absolute atomic E-state index is 11.6. The Morgan fingerprint density at radius 3 is 1.94 bits per heavy atom. The second-order valence-electron chi connectivity index (χ2n) is 11.4. The van der Waals surface area contributed by atoms with Crippen molar-refractivity contribution in [1.29, 1.82) is 0 Å². The van der Waals surface area contributed by atoms with E-state index in [4.69, 9.17) is 0 Å². The van der Waals surface area contributed by atoms with E-state index in [-0.39, 0.29) is 11.0 Å². The summed E-state index contributed by atoms with van der Waals surface area (Å²) in [6.07, 6.45) is 8.48. The molecule has 0 aliphatic heterocycles. The summed E-state index contributed by atoms with van der Waals surface area (Å²) in [4.78, 5) is 19.9. The quantitative estimate of drug-likeness (QED) is 0.395. The molecule has 0 amide bonds. The molecular weight excluding hydrogens is 446 g/mol. The van der Waals surface area contributed by atoms with Gasteiger partial charge in [-0.05, 0) is 109 Å². The van der Waals surface area contributed by atoms with Gasteiger partial charge in [-0.1, -0.05) is 26.0 Å². The number of carbonyl (C=O) groups is 1. The molecule has 0 spiro atoms. The van der Waals surface area contributed by atoms with E-state index in [9.17, 15) is 9.90 Å². The molecule has 2 fully saturated rings. The molecule has 5 heteroatoms. The number of pyridine rings is 1. The van der Waals surface area contributed by atoms with Crippen molar-refractivity contribution in [1.82, 2.24) is 4.98 Å². The highest BCUT2D eigenvalue weighted by Crippen LogP contribution is 2.51. The Labute approximate surface area is 214 Å². The van der Waals surface area contributed by atoms with Crippen LogP contribution in [0.4, 0.5) is 22.9 Å². The predicted molar refractivity (Wildman–Crippen MR) is 147 cm³/mol. The van der Waals surface area contributed by atoms with Crippen LogP contribution < -0.4 is 9.80 Å². The third-order valence-electron chi connectivity index (χ3n) is 8.53. The van der Waals surface area contributed by atoms with Gasteiger partial charge < -0.3 is 14.9 Å². The summed E-state index contributed by atoms with van der Waals surface area (Å²) >= 11 is 0. The summed E-state index contributed by atoms with van der Waals surface area (Å²) in [5.41, 5.74) is 5.07. The number of hydrogen-bond donors (Lipinski definition) is 1. The maximum atomic E-state index is 11.6. The number of benzene rings is 2. The molecule has 36 heavy (non-hydrogen) atoms. The standard InChI is InChI=1S/C31H37N3O2/c1-21-16-22-18-23(17-21)20-31(2,19-22)24-7-9-25(10-8-24)33(3)26-11-13-27(14-12-26)34(4)29-28(30(35)36)6-5-15-32-29/h5-15,21-23H,16-20H2,1-4H3,(H,35,36). The van der Waals surface area contributed by atoms with Crippen LogP contribution in [0.3, 0.4) is 0 Å². The van der Waals surface area contributed by atoms with E-state index < -0.39 is 5.97 Å². The molecule has 1 aromatic heterocycles. The molecule has 0 radical (unpaired) electrons. The van der Waals surface area contributed by atoms with E-state index in [0.29, 0.717) is 5.82 Å². The monoisotopic (exact) mass is 483 g/mol. The predicted octanol–water partition coefficient (Wildman–Crippen LogP) is 7.42. The van der Waals surface area contributed by atoms with Crippen LogP contribution in [0.5, 0.6) is 0 Å². The van der Waals surface area contributed by atoms with E-state index in [1.807, 2.05) is 24.1 Å². The molecule has 3 aromatic rings. The minimum atomic E-state index is -0.982. The maximum Gasteiger partial charge on any atom is 0.339 e. The van der Waals surface area contributed by atoms with Gasteiger partial charge in [0, 0.05) is 37.4 Å². The lowest BCUT2D eigenvalue weighted by molar-refractivity contribution is 0.0697. The number of fused-ring (bicyclic) bond motifs is 2. The molecule has 2 aliphatic rings. The molecule has 2 aliphatic carbocycles. The van der Waals surface area contributed by atoms with E-state index in [1.165, 1.54) is 37.7 Å². The van der Waals surface area contributed by atoms with Gasteiger partial charge in [-0.2, -0.15) is 0 Å². The Bertz CT molecular complexity index is 1200. The van der Waals surface area contributed by atoms with Crippen molar-refractivity contribution in [3.63, 3.8) is 0 Å². The van der Waals surface area contributed by atoms with E-state index >= 15 is 0 Å². The normalized spacial score (nSPS) is 25.3. The Balaban J connectivity index is 1.30. The van der Waals surface area contributed by atoms with Crippen LogP contribution in [0.15, 0.2) is 66.9 Å². The highest BCUT2D eigenvalue weighted by Gasteiger charge is 2.41. The molecule has 5 nitrogen and oxygen atoms in total. The minimum Gasteiger partial charge on any atom is -0.478 e. The number of aromatic nitrogens is 1. The highest BCUT2D eigenvalue weighted by atomic mass is 16.4. The van der Waals surface area contributed by atoms with Crippen molar-refractivity contribution in [3.8, 4) is 0 Å². The minimum absolute atomic E-state index is 0.186. The first kappa shape index (κ1) is 24.4. The number of carboxylic acids is 1. The fourth-order valence-corrected chi connectivity index (χ4v) is 6.91. The molecule has 1 heterocycles. The SMILES string of the molecule is CC1CC2CC(C1)CC(C)(c1ccc(N(C)c3ccc(N(C)c4ncccc4C(=O)O)cc3)cc1)C2. The number of nitrogens with zero attached hydrogens (tertiary/aromatic N) is 3. The largest absolute Gasteiger partial charge is 0.478 e. The van der Waals surface area contributed by atoms with Gasteiger partial charge in [-0.15, -0.1) is 0 Å². The zero-order chi connectivity index (χ0) is 25.4. The summed E-state index contributed by atoms with van der Waals surface area (Å²) in [6.45, 7) is 4.91. The topological polar surface area (TPSA) is 56.7 Å². The first-order valence-corrected chi connectivity index (χ1v) is 13.1. The summed E-state index contributed by atoms with van der Waals surface area (Å²) in [5.74, 6) is 2.10. The van der Waals surface area contributed by atoms with Gasteiger partial charge in [-0.25, -0.2) is 9.78 Å². The van der Waals surface area contributed by atoms with Gasteiger partial charge in [0.1, 0.15) is 11.4 Å². The lowest BCUT2D eigenvalue weighted by Crippen LogP contribution is -2.38. The van der Waals surface area contributed by atoms with E-state index in [1.54, 1.807) is 18.3 Å². The Kier molecular flexibility index (Phi) is 6.50. The third-order valence-corrected chi connectivity index (χ3v) is 8.53. The number of hydrogen-bond acceptors (Lipinski definition) is 4. The van der Waals surface area contributed by atoms with Crippen molar-refractivity contribution < 1.29 is 9.90 Å². The van der Waals surface area contributed by atoms with Gasteiger partial charge in [0.15, 0.2) is 0 Å². The molecule has 5 rings (SSSR count). The van der Waals surface area contributed by atoms with Crippen molar-refractivity contribution in [3.05, 3.63) is 78.0 Å². The second-order valence-corrected chi connectivity index (χ2v) is 11.4. The Hall–Kier alpha value is -3.34. The molecule has 2 bridgehead atoms. The van der Waals surface area contributed by atoms with Gasteiger partial charge in [0.25, 0.3) is 0 Å². The number of rotatable bonds is 6. The molecule has 0 saturated heterocycles. The summed E-state index contributed by atoms with van der Waals surface area (Å²) < 4.78 is 0. The lowest BCUT2D eigenvalue weighted by atomic mass is 9.57. The van der Waals surface area contributed by atoms with Gasteiger partial charge in [-0.3, -0.25) is 0 Å². The molecule has 188 valence electrons. The summed E-state index contributed by atoms with van der Waals surface area (Å²) in [6, 6.07) is 20.5. The summed E-state index contributed by atoms with van der Waals surface area (Å²) in [5, 5.41) is 9.50. The van der Waals surface area contributed by atoms with E-state index in [0.717, 1.165) is 34.8 Å². The highest BCUT2D eigenvalue weighted by molar-refractivity contribution is 5.94. The van der Waals surface area contributed by atoms with Gasteiger partial charge in [0.2, 0.25) is 0 Å². The molecule has 1 N–H and O–H groups in total. The zero-order valence-electron chi connectivity index (χ0n) is 21.8. The number of carboxylic acid groups (broad SMARTS) is 1. The average Bonchev–Trinajstić information content (AvgIpc) is 2.87. The lowest BCUT2D eigenvalue weighted by Gasteiger charge is -2.47. The van der Waals surface area contributed by atoms with E-state index in [2.05, 4.69) is 67.2 Å². The molecule has 2 atom stereocenters. The molecule has 2 aromatic carbocycles. The zero-order valence-corrected chi connectivity index (χ0v) is 21.8. The Morgan fingerprint density at radius 2 is 1.39 bits per heavy atom. The van der Waals surface area contributed by atoms with Crippen LogP contribution in [-0.4, -0.2) is 30.2 Å². The van der Waals surface area contributed by atoms with Crippen molar-refractivity contribution >= 4 is 28.8 Å².